The molecular formula is C16H26O2. The normalized spacial score (nSPS) is 38.4. The molecule has 2 bridgehead atoms. The molecule has 1 aliphatic heterocycles. The number of hydrogen-bond acceptors (Lipinski definition) is 2. The minimum absolute atomic E-state index is 0.459. The number of carbonyl (C=O) groups is 1. The van der Waals surface area contributed by atoms with E-state index in [0.717, 1.165) is 50.0 Å². The van der Waals surface area contributed by atoms with Gasteiger partial charge in [0, 0.05) is 19.4 Å². The Hall–Kier alpha value is -0.370. The molecule has 1 saturated heterocycles. The van der Waals surface area contributed by atoms with Crippen molar-refractivity contribution >= 4 is 5.78 Å². The molecule has 18 heavy (non-hydrogen) atoms. The summed E-state index contributed by atoms with van der Waals surface area (Å²) in [6.45, 7) is 0.934. The average Bonchev–Trinajstić information content (AvgIpc) is 3.04. The Morgan fingerprint density at radius 2 is 2.11 bits per heavy atom. The van der Waals surface area contributed by atoms with Gasteiger partial charge in [-0.25, -0.2) is 0 Å². The van der Waals surface area contributed by atoms with Gasteiger partial charge < -0.3 is 4.74 Å². The molecule has 0 amide bonds. The van der Waals surface area contributed by atoms with Gasteiger partial charge in [0.1, 0.15) is 5.78 Å². The molecule has 0 aromatic rings. The zero-order valence-electron chi connectivity index (χ0n) is 11.4. The van der Waals surface area contributed by atoms with Gasteiger partial charge in [0.15, 0.2) is 0 Å². The summed E-state index contributed by atoms with van der Waals surface area (Å²) in [4.78, 5) is 12.0. The summed E-state index contributed by atoms with van der Waals surface area (Å²) in [6.07, 6.45) is 12.3. The van der Waals surface area contributed by atoms with Crippen LogP contribution in [0.15, 0.2) is 0 Å². The Bertz CT molecular complexity index is 293. The van der Waals surface area contributed by atoms with E-state index in [2.05, 4.69) is 0 Å². The van der Waals surface area contributed by atoms with Gasteiger partial charge in [-0.15, -0.1) is 0 Å². The second-order valence-electron chi connectivity index (χ2n) is 6.70. The van der Waals surface area contributed by atoms with Gasteiger partial charge in [0.25, 0.3) is 0 Å². The number of fused-ring (bicyclic) bond motifs is 2. The van der Waals surface area contributed by atoms with Crippen LogP contribution in [0.5, 0.6) is 0 Å². The lowest BCUT2D eigenvalue weighted by Gasteiger charge is -2.20. The molecule has 2 aliphatic carbocycles. The molecule has 2 nitrogen and oxygen atoms in total. The third-order valence-corrected chi connectivity index (χ3v) is 5.38. The summed E-state index contributed by atoms with van der Waals surface area (Å²) in [5.74, 6) is 3.14. The van der Waals surface area contributed by atoms with Crippen molar-refractivity contribution in [3.8, 4) is 0 Å². The Labute approximate surface area is 110 Å². The SMILES string of the molecule is O=C(CCCC1CCCO1)CC1CC2CCC1C2. The van der Waals surface area contributed by atoms with Crippen LogP contribution in [-0.4, -0.2) is 18.5 Å². The maximum atomic E-state index is 12.0. The average molecular weight is 250 g/mol. The third-order valence-electron chi connectivity index (χ3n) is 5.38. The van der Waals surface area contributed by atoms with E-state index >= 15 is 0 Å². The molecule has 0 radical (unpaired) electrons. The Balaban J connectivity index is 1.32. The van der Waals surface area contributed by atoms with Crippen LogP contribution in [-0.2, 0) is 9.53 Å². The molecule has 2 saturated carbocycles. The van der Waals surface area contributed by atoms with Crippen molar-refractivity contribution in [1.29, 1.82) is 0 Å². The second kappa shape index (κ2) is 5.73. The van der Waals surface area contributed by atoms with Crippen LogP contribution in [0.3, 0.4) is 0 Å². The van der Waals surface area contributed by atoms with E-state index in [4.69, 9.17) is 4.74 Å². The van der Waals surface area contributed by atoms with E-state index in [1.807, 2.05) is 0 Å². The largest absolute Gasteiger partial charge is 0.378 e. The molecule has 3 aliphatic rings. The van der Waals surface area contributed by atoms with Gasteiger partial charge in [-0.2, -0.15) is 0 Å². The molecular weight excluding hydrogens is 224 g/mol. The predicted octanol–water partition coefficient (Wildman–Crippen LogP) is 3.73. The summed E-state index contributed by atoms with van der Waals surface area (Å²) >= 11 is 0. The van der Waals surface area contributed by atoms with Gasteiger partial charge in [0.05, 0.1) is 6.10 Å². The van der Waals surface area contributed by atoms with Crippen LogP contribution in [0.2, 0.25) is 0 Å². The molecule has 3 fully saturated rings. The Kier molecular flexibility index (Phi) is 4.03. The minimum Gasteiger partial charge on any atom is -0.378 e. The number of Topliss-reactive ketones (excluding diaryl/α,β-unsaturated/α-hetero) is 1. The highest BCUT2D eigenvalue weighted by atomic mass is 16.5. The van der Waals surface area contributed by atoms with E-state index in [-0.39, 0.29) is 0 Å². The van der Waals surface area contributed by atoms with Crippen LogP contribution in [0.4, 0.5) is 0 Å². The summed E-state index contributed by atoms with van der Waals surface area (Å²) in [5, 5.41) is 0. The maximum absolute atomic E-state index is 12.0. The summed E-state index contributed by atoms with van der Waals surface area (Å²) in [7, 11) is 0. The number of ketones is 1. The van der Waals surface area contributed by atoms with Crippen molar-refractivity contribution in [3.63, 3.8) is 0 Å². The van der Waals surface area contributed by atoms with E-state index in [1.165, 1.54) is 38.5 Å². The van der Waals surface area contributed by atoms with Crippen LogP contribution < -0.4 is 0 Å². The highest BCUT2D eigenvalue weighted by molar-refractivity contribution is 5.78. The Morgan fingerprint density at radius 1 is 1.17 bits per heavy atom. The van der Waals surface area contributed by atoms with Crippen LogP contribution in [0.1, 0.15) is 64.2 Å². The van der Waals surface area contributed by atoms with E-state index < -0.39 is 0 Å². The molecule has 0 spiro atoms. The first-order valence-corrected chi connectivity index (χ1v) is 7.94. The first-order valence-electron chi connectivity index (χ1n) is 7.94. The topological polar surface area (TPSA) is 26.3 Å². The quantitative estimate of drug-likeness (QED) is 0.718. The zero-order valence-corrected chi connectivity index (χ0v) is 11.4. The van der Waals surface area contributed by atoms with E-state index in [1.54, 1.807) is 0 Å². The summed E-state index contributed by atoms with van der Waals surface area (Å²) in [5.41, 5.74) is 0. The summed E-state index contributed by atoms with van der Waals surface area (Å²) in [6, 6.07) is 0. The molecule has 4 atom stereocenters. The van der Waals surface area contributed by atoms with Crippen molar-refractivity contribution in [3.05, 3.63) is 0 Å². The molecule has 0 aromatic carbocycles. The molecule has 2 heteroatoms. The van der Waals surface area contributed by atoms with Crippen LogP contribution in [0, 0.1) is 17.8 Å². The van der Waals surface area contributed by atoms with Gasteiger partial charge in [-0.1, -0.05) is 6.42 Å². The zero-order chi connectivity index (χ0) is 12.4. The van der Waals surface area contributed by atoms with E-state index in [0.29, 0.717) is 11.9 Å². The number of ether oxygens (including phenoxy) is 1. The molecule has 1 heterocycles. The lowest BCUT2D eigenvalue weighted by atomic mass is 9.84. The van der Waals surface area contributed by atoms with Gasteiger partial charge in [-0.3, -0.25) is 4.79 Å². The first kappa shape index (κ1) is 12.7. The maximum Gasteiger partial charge on any atom is 0.133 e. The smallest absolute Gasteiger partial charge is 0.133 e. The van der Waals surface area contributed by atoms with Crippen molar-refractivity contribution in [2.75, 3.05) is 6.61 Å². The molecule has 4 unspecified atom stereocenters. The van der Waals surface area contributed by atoms with Crippen molar-refractivity contribution in [2.45, 2.75) is 70.3 Å². The lowest BCUT2D eigenvalue weighted by molar-refractivity contribution is -0.120. The van der Waals surface area contributed by atoms with Gasteiger partial charge >= 0.3 is 0 Å². The lowest BCUT2D eigenvalue weighted by Crippen LogP contribution is -2.15. The Morgan fingerprint density at radius 3 is 2.78 bits per heavy atom. The molecule has 102 valence electrons. The fraction of sp³-hybridized carbons (Fsp3) is 0.938. The molecule has 0 aromatic heterocycles. The fourth-order valence-electron chi connectivity index (χ4n) is 4.42. The highest BCUT2D eigenvalue weighted by Gasteiger charge is 2.39. The second-order valence-corrected chi connectivity index (χ2v) is 6.70. The van der Waals surface area contributed by atoms with Crippen molar-refractivity contribution in [2.24, 2.45) is 17.8 Å². The number of hydrogen-bond donors (Lipinski definition) is 0. The van der Waals surface area contributed by atoms with Crippen LogP contribution >= 0.6 is 0 Å². The summed E-state index contributed by atoms with van der Waals surface area (Å²) < 4.78 is 5.60. The van der Waals surface area contributed by atoms with Crippen molar-refractivity contribution in [1.82, 2.24) is 0 Å². The molecule has 0 N–H and O–H groups in total. The monoisotopic (exact) mass is 250 g/mol. The third kappa shape index (κ3) is 2.96. The standard InChI is InChI=1S/C16H26O2/c17-15(3-1-4-16-5-2-8-18-16)11-14-10-12-6-7-13(14)9-12/h12-14,16H,1-11H2. The van der Waals surface area contributed by atoms with Gasteiger partial charge in [-0.05, 0) is 62.7 Å². The fourth-order valence-corrected chi connectivity index (χ4v) is 4.42. The van der Waals surface area contributed by atoms with Crippen molar-refractivity contribution < 1.29 is 9.53 Å². The minimum atomic E-state index is 0.459. The van der Waals surface area contributed by atoms with Crippen LogP contribution in [0.25, 0.3) is 0 Å². The number of rotatable bonds is 6. The van der Waals surface area contributed by atoms with Gasteiger partial charge in [0.2, 0.25) is 0 Å². The highest BCUT2D eigenvalue weighted by Crippen LogP contribution is 2.49. The first-order chi connectivity index (χ1) is 8.81. The van der Waals surface area contributed by atoms with E-state index in [9.17, 15) is 4.79 Å². The molecule has 3 rings (SSSR count). The number of carbonyl (C=O) groups excluding carboxylic acids is 1. The predicted molar refractivity (Wildman–Crippen MR) is 71.4 cm³/mol.